The summed E-state index contributed by atoms with van der Waals surface area (Å²) in [7, 11) is -2.90. The maximum atomic E-state index is 12.1. The molecular formula is C15H18BrNO4S. The molecule has 1 aromatic rings. The third kappa shape index (κ3) is 4.01. The van der Waals surface area contributed by atoms with Gasteiger partial charge in [-0.25, -0.2) is 8.42 Å². The summed E-state index contributed by atoms with van der Waals surface area (Å²) in [5.41, 5.74) is 0.563. The fraction of sp³-hybridized carbons (Fsp3) is 0.533. The molecule has 1 aromatic carbocycles. The lowest BCUT2D eigenvalue weighted by Crippen LogP contribution is -2.31. The summed E-state index contributed by atoms with van der Waals surface area (Å²) < 4.78 is 29.6. The predicted octanol–water partition coefficient (Wildman–Crippen LogP) is 2.30. The number of nitrogens with one attached hydrogen (secondary N) is 1. The van der Waals surface area contributed by atoms with Gasteiger partial charge in [0, 0.05) is 11.6 Å². The first-order chi connectivity index (χ1) is 10.4. The van der Waals surface area contributed by atoms with E-state index in [-0.39, 0.29) is 23.5 Å². The SMILES string of the molecule is O=C(NC1CC1)c1ccc(Br)c(OC2CCS(=O)(=O)CC2)c1. The Morgan fingerprint density at radius 3 is 2.50 bits per heavy atom. The van der Waals surface area contributed by atoms with E-state index >= 15 is 0 Å². The maximum absolute atomic E-state index is 12.1. The van der Waals surface area contributed by atoms with Gasteiger partial charge in [-0.2, -0.15) is 0 Å². The van der Waals surface area contributed by atoms with Crippen LogP contribution in [0.15, 0.2) is 22.7 Å². The first-order valence-electron chi connectivity index (χ1n) is 7.40. The number of amides is 1. The van der Waals surface area contributed by atoms with Crippen molar-refractivity contribution in [2.45, 2.75) is 37.8 Å². The second kappa shape index (κ2) is 6.20. The van der Waals surface area contributed by atoms with Crippen LogP contribution in [-0.4, -0.2) is 38.0 Å². The summed E-state index contributed by atoms with van der Waals surface area (Å²) >= 11 is 3.42. The summed E-state index contributed by atoms with van der Waals surface area (Å²) in [5, 5.41) is 2.94. The van der Waals surface area contributed by atoms with Crippen molar-refractivity contribution in [2.75, 3.05) is 11.5 Å². The highest BCUT2D eigenvalue weighted by atomic mass is 79.9. The lowest BCUT2D eigenvalue weighted by molar-refractivity contribution is 0.0950. The minimum absolute atomic E-state index is 0.0916. The lowest BCUT2D eigenvalue weighted by atomic mass is 10.2. The van der Waals surface area contributed by atoms with Crippen molar-refractivity contribution in [2.24, 2.45) is 0 Å². The van der Waals surface area contributed by atoms with Crippen LogP contribution < -0.4 is 10.1 Å². The number of halogens is 1. The zero-order valence-electron chi connectivity index (χ0n) is 12.0. The quantitative estimate of drug-likeness (QED) is 0.859. The monoisotopic (exact) mass is 387 g/mol. The van der Waals surface area contributed by atoms with Crippen molar-refractivity contribution in [3.8, 4) is 5.75 Å². The molecule has 0 atom stereocenters. The van der Waals surface area contributed by atoms with Gasteiger partial charge in [0.2, 0.25) is 0 Å². The van der Waals surface area contributed by atoms with Gasteiger partial charge in [0.05, 0.1) is 16.0 Å². The molecule has 1 N–H and O–H groups in total. The molecule has 2 fully saturated rings. The van der Waals surface area contributed by atoms with Crippen LogP contribution in [-0.2, 0) is 9.84 Å². The third-order valence-electron chi connectivity index (χ3n) is 3.90. The van der Waals surface area contributed by atoms with Gasteiger partial charge in [0.1, 0.15) is 11.9 Å². The molecule has 0 radical (unpaired) electrons. The van der Waals surface area contributed by atoms with Gasteiger partial charge >= 0.3 is 0 Å². The van der Waals surface area contributed by atoms with Crippen molar-refractivity contribution in [3.05, 3.63) is 28.2 Å². The molecule has 2 aliphatic rings. The van der Waals surface area contributed by atoms with E-state index in [1.807, 2.05) is 0 Å². The molecule has 120 valence electrons. The molecule has 0 bridgehead atoms. The number of benzene rings is 1. The minimum Gasteiger partial charge on any atom is -0.489 e. The van der Waals surface area contributed by atoms with Crippen molar-refractivity contribution < 1.29 is 17.9 Å². The van der Waals surface area contributed by atoms with Crippen LogP contribution in [0.25, 0.3) is 0 Å². The van der Waals surface area contributed by atoms with Crippen LogP contribution in [0.2, 0.25) is 0 Å². The van der Waals surface area contributed by atoms with E-state index in [0.717, 1.165) is 17.3 Å². The minimum atomic E-state index is -2.90. The zero-order chi connectivity index (χ0) is 15.7. The summed E-state index contributed by atoms with van der Waals surface area (Å²) in [4.78, 5) is 12.1. The summed E-state index contributed by atoms with van der Waals surface area (Å²) in [6, 6.07) is 5.56. The van der Waals surface area contributed by atoms with Crippen LogP contribution in [0, 0.1) is 0 Å². The topological polar surface area (TPSA) is 72.5 Å². The molecule has 1 aliphatic heterocycles. The molecule has 1 saturated carbocycles. The molecule has 1 amide bonds. The second-order valence-electron chi connectivity index (χ2n) is 5.86. The van der Waals surface area contributed by atoms with E-state index in [0.29, 0.717) is 30.2 Å². The molecule has 3 rings (SSSR count). The Labute approximate surface area is 138 Å². The molecule has 1 saturated heterocycles. The average molecular weight is 388 g/mol. The number of rotatable bonds is 4. The summed E-state index contributed by atoms with van der Waals surface area (Å²) in [5.74, 6) is 0.827. The fourth-order valence-corrected chi connectivity index (χ4v) is 4.19. The van der Waals surface area contributed by atoms with E-state index < -0.39 is 9.84 Å². The molecule has 1 aliphatic carbocycles. The third-order valence-corrected chi connectivity index (χ3v) is 6.27. The standard InChI is InChI=1S/C15H18BrNO4S/c16-13-4-1-10(15(18)17-11-2-3-11)9-14(13)21-12-5-7-22(19,20)8-6-12/h1,4,9,11-12H,2-3,5-8H2,(H,17,18). The number of carbonyl (C=O) groups excluding carboxylic acids is 1. The van der Waals surface area contributed by atoms with Crippen LogP contribution in [0.4, 0.5) is 0 Å². The first-order valence-corrected chi connectivity index (χ1v) is 10.0. The van der Waals surface area contributed by atoms with Crippen molar-refractivity contribution in [1.29, 1.82) is 0 Å². The van der Waals surface area contributed by atoms with Crippen LogP contribution in [0.3, 0.4) is 0 Å². The number of ether oxygens (including phenoxy) is 1. The van der Waals surface area contributed by atoms with E-state index in [4.69, 9.17) is 4.74 Å². The smallest absolute Gasteiger partial charge is 0.251 e. The number of carbonyl (C=O) groups is 1. The highest BCUT2D eigenvalue weighted by molar-refractivity contribution is 9.10. The van der Waals surface area contributed by atoms with E-state index in [1.54, 1.807) is 18.2 Å². The van der Waals surface area contributed by atoms with Crippen molar-refractivity contribution in [3.63, 3.8) is 0 Å². The maximum Gasteiger partial charge on any atom is 0.251 e. The van der Waals surface area contributed by atoms with Gasteiger partial charge in [0.25, 0.3) is 5.91 Å². The van der Waals surface area contributed by atoms with E-state index in [2.05, 4.69) is 21.2 Å². The molecule has 0 aromatic heterocycles. The second-order valence-corrected chi connectivity index (χ2v) is 9.02. The molecule has 0 unspecified atom stereocenters. The molecule has 1 heterocycles. The number of hydrogen-bond acceptors (Lipinski definition) is 4. The molecule has 22 heavy (non-hydrogen) atoms. The predicted molar refractivity (Wildman–Crippen MR) is 86.9 cm³/mol. The van der Waals surface area contributed by atoms with Gasteiger partial charge in [-0.15, -0.1) is 0 Å². The Balaban J connectivity index is 1.68. The van der Waals surface area contributed by atoms with Gasteiger partial charge in [-0.1, -0.05) is 0 Å². The van der Waals surface area contributed by atoms with Gasteiger partial charge in [-0.05, 0) is 59.8 Å². The van der Waals surface area contributed by atoms with Gasteiger partial charge < -0.3 is 10.1 Å². The van der Waals surface area contributed by atoms with E-state index in [9.17, 15) is 13.2 Å². The Bertz CT molecular complexity index is 671. The number of sulfone groups is 1. The van der Waals surface area contributed by atoms with Gasteiger partial charge in [0.15, 0.2) is 9.84 Å². The average Bonchev–Trinajstić information content (AvgIpc) is 3.27. The zero-order valence-corrected chi connectivity index (χ0v) is 14.5. The first kappa shape index (κ1) is 15.8. The summed E-state index contributed by atoms with van der Waals surface area (Å²) in [6.07, 6.45) is 2.95. The molecule has 5 nitrogen and oxygen atoms in total. The molecule has 0 spiro atoms. The van der Waals surface area contributed by atoms with Crippen molar-refractivity contribution >= 4 is 31.7 Å². The number of hydrogen-bond donors (Lipinski definition) is 1. The largest absolute Gasteiger partial charge is 0.489 e. The van der Waals surface area contributed by atoms with Crippen LogP contribution in [0.5, 0.6) is 5.75 Å². The Morgan fingerprint density at radius 1 is 1.18 bits per heavy atom. The van der Waals surface area contributed by atoms with Crippen LogP contribution >= 0.6 is 15.9 Å². The summed E-state index contributed by atoms with van der Waals surface area (Å²) in [6.45, 7) is 0. The molecular weight excluding hydrogens is 370 g/mol. The normalized spacial score (nSPS) is 21.3. The molecule has 7 heteroatoms. The fourth-order valence-electron chi connectivity index (χ4n) is 2.40. The Hall–Kier alpha value is -1.08. The lowest BCUT2D eigenvalue weighted by Gasteiger charge is -2.24. The highest BCUT2D eigenvalue weighted by Gasteiger charge is 2.26. The van der Waals surface area contributed by atoms with Crippen molar-refractivity contribution in [1.82, 2.24) is 5.32 Å². The Kier molecular flexibility index (Phi) is 4.45. The van der Waals surface area contributed by atoms with Crippen LogP contribution in [0.1, 0.15) is 36.0 Å². The highest BCUT2D eigenvalue weighted by Crippen LogP contribution is 2.29. The van der Waals surface area contributed by atoms with Gasteiger partial charge in [-0.3, -0.25) is 4.79 Å². The Morgan fingerprint density at radius 2 is 1.86 bits per heavy atom. The van der Waals surface area contributed by atoms with E-state index in [1.165, 1.54) is 0 Å².